The molecule has 0 atom stereocenters. The van der Waals surface area contributed by atoms with Crippen molar-refractivity contribution in [2.24, 2.45) is 0 Å². The van der Waals surface area contributed by atoms with Gasteiger partial charge in [0.2, 0.25) is 0 Å². The Morgan fingerprint density at radius 3 is 2.47 bits per heavy atom. The first-order chi connectivity index (χ1) is 6.99. The van der Waals surface area contributed by atoms with Crippen molar-refractivity contribution in [3.8, 4) is 6.07 Å². The van der Waals surface area contributed by atoms with Crippen molar-refractivity contribution in [2.75, 3.05) is 0 Å². The molecular formula is C13H14ClN. The molecule has 0 amide bonds. The topological polar surface area (TPSA) is 23.8 Å². The summed E-state index contributed by atoms with van der Waals surface area (Å²) in [6.07, 6.45) is 0.426. The van der Waals surface area contributed by atoms with Crippen molar-refractivity contribution in [1.82, 2.24) is 0 Å². The van der Waals surface area contributed by atoms with Gasteiger partial charge in [-0.25, -0.2) is 0 Å². The summed E-state index contributed by atoms with van der Waals surface area (Å²) in [7, 11) is 0. The van der Waals surface area contributed by atoms with Crippen LogP contribution >= 0.6 is 11.6 Å². The lowest BCUT2D eigenvalue weighted by Gasteiger charge is -2.14. The van der Waals surface area contributed by atoms with E-state index in [2.05, 4.69) is 18.7 Å². The minimum Gasteiger partial charge on any atom is -0.198 e. The van der Waals surface area contributed by atoms with Crippen LogP contribution in [0.25, 0.3) is 5.03 Å². The van der Waals surface area contributed by atoms with Gasteiger partial charge >= 0.3 is 0 Å². The van der Waals surface area contributed by atoms with Gasteiger partial charge in [0, 0.05) is 5.03 Å². The first-order valence-corrected chi connectivity index (χ1v) is 5.18. The van der Waals surface area contributed by atoms with E-state index in [-0.39, 0.29) is 0 Å². The fourth-order valence-electron chi connectivity index (χ4n) is 1.99. The monoisotopic (exact) mass is 219 g/mol. The van der Waals surface area contributed by atoms with Crippen LogP contribution in [0.5, 0.6) is 0 Å². The SMILES string of the molecule is C=C(Cl)c1c(C)cc(C)c(CC#N)c1C. The Bertz CT molecular complexity index is 453. The van der Waals surface area contributed by atoms with Crippen LogP contribution < -0.4 is 0 Å². The number of nitriles is 1. The van der Waals surface area contributed by atoms with Gasteiger partial charge in [-0.1, -0.05) is 24.2 Å². The molecule has 0 N–H and O–H groups in total. The smallest absolute Gasteiger partial charge is 0.0669 e. The van der Waals surface area contributed by atoms with Crippen molar-refractivity contribution in [3.63, 3.8) is 0 Å². The summed E-state index contributed by atoms with van der Waals surface area (Å²) in [5, 5.41) is 9.31. The Balaban J connectivity index is 3.50. The zero-order valence-corrected chi connectivity index (χ0v) is 10.1. The molecule has 0 aliphatic heterocycles. The molecule has 0 fully saturated rings. The highest BCUT2D eigenvalue weighted by Crippen LogP contribution is 2.29. The molecule has 0 aromatic heterocycles. The Hall–Kier alpha value is -1.26. The van der Waals surface area contributed by atoms with Gasteiger partial charge in [0.05, 0.1) is 12.5 Å². The standard InChI is InChI=1S/C13H14ClN/c1-8-7-9(2)13(11(4)14)10(3)12(8)5-6-15/h7H,4-5H2,1-3H3. The average molecular weight is 220 g/mol. The minimum absolute atomic E-state index is 0.426. The summed E-state index contributed by atoms with van der Waals surface area (Å²) < 4.78 is 0. The van der Waals surface area contributed by atoms with Gasteiger partial charge in [-0.15, -0.1) is 0 Å². The van der Waals surface area contributed by atoms with Crippen molar-refractivity contribution in [1.29, 1.82) is 5.26 Å². The summed E-state index contributed by atoms with van der Waals surface area (Å²) in [4.78, 5) is 0. The fourth-order valence-corrected chi connectivity index (χ4v) is 2.29. The molecule has 2 heteroatoms. The Kier molecular flexibility index (Phi) is 3.55. The number of halogens is 1. The summed E-state index contributed by atoms with van der Waals surface area (Å²) in [6, 6.07) is 4.24. The quantitative estimate of drug-likeness (QED) is 0.741. The highest BCUT2D eigenvalue weighted by Gasteiger charge is 2.11. The second kappa shape index (κ2) is 4.51. The van der Waals surface area contributed by atoms with Crippen molar-refractivity contribution >= 4 is 16.6 Å². The van der Waals surface area contributed by atoms with Gasteiger partial charge in [-0.3, -0.25) is 0 Å². The summed E-state index contributed by atoms with van der Waals surface area (Å²) in [6.45, 7) is 9.79. The molecular weight excluding hydrogens is 206 g/mol. The lowest BCUT2D eigenvalue weighted by molar-refractivity contribution is 1.15. The Labute approximate surface area is 96.0 Å². The third-order valence-corrected chi connectivity index (χ3v) is 2.85. The first kappa shape index (κ1) is 11.8. The molecule has 15 heavy (non-hydrogen) atoms. The number of benzene rings is 1. The summed E-state index contributed by atoms with van der Waals surface area (Å²) in [5.41, 5.74) is 5.39. The molecule has 0 aliphatic rings. The number of rotatable bonds is 2. The molecule has 0 bridgehead atoms. The van der Waals surface area contributed by atoms with Crippen LogP contribution in [-0.4, -0.2) is 0 Å². The predicted octanol–water partition coefficient (Wildman–Crippen LogP) is 3.89. The van der Waals surface area contributed by atoms with Crippen LogP contribution in [0.2, 0.25) is 0 Å². The predicted molar refractivity (Wildman–Crippen MR) is 64.9 cm³/mol. The first-order valence-electron chi connectivity index (χ1n) is 4.80. The molecule has 0 saturated carbocycles. The van der Waals surface area contributed by atoms with Crippen molar-refractivity contribution in [3.05, 3.63) is 40.5 Å². The van der Waals surface area contributed by atoms with Crippen molar-refractivity contribution < 1.29 is 0 Å². The van der Waals surface area contributed by atoms with E-state index in [4.69, 9.17) is 16.9 Å². The van der Waals surface area contributed by atoms with Crippen molar-refractivity contribution in [2.45, 2.75) is 27.2 Å². The van der Waals surface area contributed by atoms with E-state index in [1.54, 1.807) is 0 Å². The average Bonchev–Trinajstić information content (AvgIpc) is 2.11. The van der Waals surface area contributed by atoms with E-state index < -0.39 is 0 Å². The van der Waals surface area contributed by atoms with E-state index in [9.17, 15) is 0 Å². The van der Waals surface area contributed by atoms with Crippen LogP contribution in [-0.2, 0) is 6.42 Å². The fraction of sp³-hybridized carbons (Fsp3) is 0.308. The molecule has 0 saturated heterocycles. The van der Waals surface area contributed by atoms with Crippen LogP contribution in [0.15, 0.2) is 12.6 Å². The third kappa shape index (κ3) is 2.22. The molecule has 1 nitrogen and oxygen atoms in total. The second-order valence-corrected chi connectivity index (χ2v) is 4.18. The summed E-state index contributed by atoms with van der Waals surface area (Å²) in [5.74, 6) is 0. The van der Waals surface area contributed by atoms with Gasteiger partial charge in [0.25, 0.3) is 0 Å². The second-order valence-electron chi connectivity index (χ2n) is 3.73. The van der Waals surface area contributed by atoms with Gasteiger partial charge < -0.3 is 0 Å². The molecule has 0 aliphatic carbocycles. The zero-order valence-electron chi connectivity index (χ0n) is 9.32. The van der Waals surface area contributed by atoms with E-state index in [1.807, 2.05) is 20.8 Å². The van der Waals surface area contributed by atoms with Gasteiger partial charge in [-0.2, -0.15) is 5.26 Å². The highest BCUT2D eigenvalue weighted by atomic mass is 35.5. The molecule has 1 rings (SSSR count). The Morgan fingerprint density at radius 1 is 1.40 bits per heavy atom. The van der Waals surface area contributed by atoms with Crippen LogP contribution in [0.4, 0.5) is 0 Å². The zero-order chi connectivity index (χ0) is 11.6. The maximum Gasteiger partial charge on any atom is 0.0669 e. The number of aryl methyl sites for hydroxylation is 2. The number of hydrogen-bond acceptors (Lipinski definition) is 1. The maximum absolute atomic E-state index is 8.76. The molecule has 78 valence electrons. The maximum atomic E-state index is 8.76. The molecule has 0 spiro atoms. The normalized spacial score (nSPS) is 9.80. The van der Waals surface area contributed by atoms with Gasteiger partial charge in [0.15, 0.2) is 0 Å². The molecule has 1 aromatic carbocycles. The number of hydrogen-bond donors (Lipinski definition) is 0. The summed E-state index contributed by atoms with van der Waals surface area (Å²) >= 11 is 5.96. The van der Waals surface area contributed by atoms with Crippen LogP contribution in [0, 0.1) is 32.1 Å². The molecule has 0 heterocycles. The highest BCUT2D eigenvalue weighted by molar-refractivity contribution is 6.48. The third-order valence-electron chi connectivity index (χ3n) is 2.66. The molecule has 0 unspecified atom stereocenters. The molecule has 1 aromatic rings. The largest absolute Gasteiger partial charge is 0.198 e. The van der Waals surface area contributed by atoms with Gasteiger partial charge in [0.1, 0.15) is 0 Å². The van der Waals surface area contributed by atoms with E-state index >= 15 is 0 Å². The van der Waals surface area contributed by atoms with E-state index in [0.29, 0.717) is 11.5 Å². The van der Waals surface area contributed by atoms with E-state index in [0.717, 1.165) is 27.8 Å². The molecule has 0 radical (unpaired) electrons. The minimum atomic E-state index is 0.426. The lowest BCUT2D eigenvalue weighted by Crippen LogP contribution is -1.99. The van der Waals surface area contributed by atoms with Gasteiger partial charge in [-0.05, 0) is 48.6 Å². The lowest BCUT2D eigenvalue weighted by atomic mass is 9.92. The Morgan fingerprint density at radius 2 is 2.00 bits per heavy atom. The van der Waals surface area contributed by atoms with E-state index in [1.165, 1.54) is 0 Å². The van der Waals surface area contributed by atoms with Crippen LogP contribution in [0.3, 0.4) is 0 Å². The number of nitrogens with zero attached hydrogens (tertiary/aromatic N) is 1. The van der Waals surface area contributed by atoms with Crippen LogP contribution in [0.1, 0.15) is 27.8 Å².